The van der Waals surface area contributed by atoms with Crippen LogP contribution in [0.2, 0.25) is 0 Å². The lowest BCUT2D eigenvalue weighted by Gasteiger charge is -2.35. The highest BCUT2D eigenvalue weighted by Crippen LogP contribution is 2.44. The number of amides is 1. The van der Waals surface area contributed by atoms with Crippen molar-refractivity contribution in [3.8, 4) is 0 Å². The summed E-state index contributed by atoms with van der Waals surface area (Å²) in [6.07, 6.45) is 7.14. The van der Waals surface area contributed by atoms with Crippen LogP contribution >= 0.6 is 7.37 Å². The minimum Gasteiger partial charge on any atom is -0.388 e. The van der Waals surface area contributed by atoms with Crippen LogP contribution in [-0.4, -0.2) is 57.1 Å². The molecule has 2 fully saturated rings. The molecule has 0 aromatic heterocycles. The molecule has 31 heavy (non-hydrogen) atoms. The molecule has 0 spiro atoms. The van der Waals surface area contributed by atoms with E-state index in [1.807, 2.05) is 30.3 Å². The fraction of sp³-hybridized carbons (Fsp3) is 0.667. The first-order chi connectivity index (χ1) is 14.7. The van der Waals surface area contributed by atoms with Gasteiger partial charge in [0.05, 0.1) is 18.2 Å². The number of aliphatic hydroxyl groups is 1. The number of carbonyl (C=O) groups is 2. The average Bonchev–Trinajstić information content (AvgIpc) is 3.12. The Hall–Kier alpha value is -1.49. The van der Waals surface area contributed by atoms with Gasteiger partial charge in [0, 0.05) is 12.6 Å². The number of likely N-dealkylation sites (tertiary alicyclic amines) is 1. The number of ketones is 1. The molecule has 1 amide bonds. The third kappa shape index (κ3) is 6.50. The summed E-state index contributed by atoms with van der Waals surface area (Å²) in [4.78, 5) is 36.9. The van der Waals surface area contributed by atoms with Gasteiger partial charge in [0.15, 0.2) is 5.78 Å². The number of unbranched alkanes of at least 4 members (excludes halogenated alkanes) is 1. The number of rotatable bonds is 9. The van der Waals surface area contributed by atoms with Crippen LogP contribution in [0.3, 0.4) is 0 Å². The number of aryl methyl sites for hydroxylation is 1. The summed E-state index contributed by atoms with van der Waals surface area (Å²) in [5.41, 5.74) is 0.122. The molecule has 2 N–H and O–H groups in total. The molecule has 6 nitrogen and oxygen atoms in total. The molecule has 1 saturated carbocycles. The van der Waals surface area contributed by atoms with E-state index in [-0.39, 0.29) is 30.8 Å². The Balaban J connectivity index is 1.55. The zero-order valence-corrected chi connectivity index (χ0v) is 19.4. The molecule has 1 saturated heterocycles. The molecule has 7 heteroatoms. The van der Waals surface area contributed by atoms with Crippen molar-refractivity contribution < 1.29 is 24.2 Å². The van der Waals surface area contributed by atoms with Gasteiger partial charge < -0.3 is 14.9 Å². The van der Waals surface area contributed by atoms with Crippen molar-refractivity contribution in [1.29, 1.82) is 0 Å². The van der Waals surface area contributed by atoms with E-state index >= 15 is 0 Å². The maximum atomic E-state index is 12.9. The first-order valence-corrected chi connectivity index (χ1v) is 13.6. The molecule has 2 aliphatic rings. The molecule has 1 aromatic rings. The molecule has 1 aliphatic heterocycles. The fourth-order valence-corrected chi connectivity index (χ4v) is 6.67. The van der Waals surface area contributed by atoms with Gasteiger partial charge >= 0.3 is 0 Å². The highest BCUT2D eigenvalue weighted by Gasteiger charge is 2.51. The van der Waals surface area contributed by atoms with Crippen LogP contribution in [0, 0.1) is 5.92 Å². The highest BCUT2D eigenvalue weighted by molar-refractivity contribution is 7.58. The molecular formula is C24H36NO5P. The van der Waals surface area contributed by atoms with E-state index in [4.69, 9.17) is 0 Å². The second-order valence-electron chi connectivity index (χ2n) is 9.46. The van der Waals surface area contributed by atoms with E-state index in [1.165, 1.54) is 17.4 Å². The minimum absolute atomic E-state index is 0.0832. The van der Waals surface area contributed by atoms with E-state index in [0.29, 0.717) is 6.42 Å². The van der Waals surface area contributed by atoms with Crippen LogP contribution in [0.1, 0.15) is 63.9 Å². The second-order valence-corrected chi connectivity index (χ2v) is 11.9. The van der Waals surface area contributed by atoms with Gasteiger partial charge in [-0.3, -0.25) is 14.2 Å². The lowest BCUT2D eigenvalue weighted by molar-refractivity contribution is -0.135. The standard InChI is InChI=1S/C24H36NO5P/c1-19(26)22-16-24(28,21-13-6-3-7-14-21)18-25(22)23(27)17-31(29,30)15-9-8-12-20-10-4-2-5-11-20/h2,4-5,10-11,21-22,28H,3,6-9,12-18H2,1H3,(H,29,30)/t22-,24-/m0/s1. The number of Topliss-reactive ketones (excluding diaryl/α,β-unsaturated/α-hetero) is 1. The summed E-state index contributed by atoms with van der Waals surface area (Å²) >= 11 is 0. The molecule has 0 radical (unpaired) electrons. The van der Waals surface area contributed by atoms with Crippen LogP contribution in [0.5, 0.6) is 0 Å². The van der Waals surface area contributed by atoms with Crippen LogP contribution in [0.4, 0.5) is 0 Å². The third-order valence-corrected chi connectivity index (χ3v) is 8.75. The van der Waals surface area contributed by atoms with Crippen molar-refractivity contribution in [2.45, 2.75) is 76.4 Å². The van der Waals surface area contributed by atoms with Crippen molar-refractivity contribution in [1.82, 2.24) is 4.90 Å². The predicted molar refractivity (Wildman–Crippen MR) is 121 cm³/mol. The van der Waals surface area contributed by atoms with Gasteiger partial charge in [0.25, 0.3) is 0 Å². The van der Waals surface area contributed by atoms with E-state index in [2.05, 4.69) is 0 Å². The summed E-state index contributed by atoms with van der Waals surface area (Å²) in [5, 5.41) is 11.3. The van der Waals surface area contributed by atoms with Crippen molar-refractivity contribution in [3.05, 3.63) is 35.9 Å². The molecule has 1 aromatic carbocycles. The Bertz CT molecular complexity index is 807. The number of carbonyl (C=O) groups excluding carboxylic acids is 2. The van der Waals surface area contributed by atoms with Gasteiger partial charge in [-0.2, -0.15) is 0 Å². The third-order valence-electron chi connectivity index (χ3n) is 6.97. The molecule has 3 atom stereocenters. The summed E-state index contributed by atoms with van der Waals surface area (Å²) in [6.45, 7) is 1.52. The molecular weight excluding hydrogens is 413 g/mol. The number of nitrogens with zero attached hydrogens (tertiary/aromatic N) is 1. The summed E-state index contributed by atoms with van der Waals surface area (Å²) in [6, 6.07) is 9.27. The lowest BCUT2D eigenvalue weighted by Crippen LogP contribution is -2.44. The van der Waals surface area contributed by atoms with E-state index < -0.39 is 31.1 Å². The minimum atomic E-state index is -3.64. The SMILES string of the molecule is CC(=O)[C@@H]1C[C@@](O)(C2CCCCC2)CN1C(=O)CP(=O)(O)CCCCc1ccccc1. The van der Waals surface area contributed by atoms with Crippen molar-refractivity contribution >= 4 is 19.1 Å². The summed E-state index contributed by atoms with van der Waals surface area (Å²) < 4.78 is 12.7. The Morgan fingerprint density at radius 3 is 2.45 bits per heavy atom. The Morgan fingerprint density at radius 2 is 1.81 bits per heavy atom. The van der Waals surface area contributed by atoms with Gasteiger partial charge in [0.2, 0.25) is 13.3 Å². The van der Waals surface area contributed by atoms with Gasteiger partial charge in [-0.05, 0) is 50.5 Å². The van der Waals surface area contributed by atoms with Crippen LogP contribution in [-0.2, 0) is 20.6 Å². The first-order valence-electron chi connectivity index (χ1n) is 11.6. The molecule has 0 bridgehead atoms. The van der Waals surface area contributed by atoms with E-state index in [0.717, 1.165) is 44.9 Å². The summed E-state index contributed by atoms with van der Waals surface area (Å²) in [7, 11) is -3.64. The van der Waals surface area contributed by atoms with E-state index in [1.54, 1.807) is 0 Å². The van der Waals surface area contributed by atoms with Crippen LogP contribution in [0.25, 0.3) is 0 Å². The van der Waals surface area contributed by atoms with Crippen LogP contribution < -0.4 is 0 Å². The van der Waals surface area contributed by atoms with Gasteiger partial charge in [-0.25, -0.2) is 0 Å². The maximum Gasteiger partial charge on any atom is 0.232 e. The molecule has 1 unspecified atom stereocenters. The molecule has 1 aliphatic carbocycles. The fourth-order valence-electron chi connectivity index (χ4n) is 5.19. The molecule has 172 valence electrons. The topological polar surface area (TPSA) is 94.9 Å². The highest BCUT2D eigenvalue weighted by atomic mass is 31.2. The monoisotopic (exact) mass is 449 g/mol. The average molecular weight is 450 g/mol. The zero-order chi connectivity index (χ0) is 22.5. The molecule has 1 heterocycles. The van der Waals surface area contributed by atoms with Gasteiger partial charge in [-0.15, -0.1) is 0 Å². The van der Waals surface area contributed by atoms with Crippen molar-refractivity contribution in [2.24, 2.45) is 5.92 Å². The number of hydrogen-bond acceptors (Lipinski definition) is 4. The normalized spacial score (nSPS) is 26.5. The Morgan fingerprint density at radius 1 is 1.13 bits per heavy atom. The smallest absolute Gasteiger partial charge is 0.232 e. The van der Waals surface area contributed by atoms with Gasteiger partial charge in [-0.1, -0.05) is 49.6 Å². The van der Waals surface area contributed by atoms with Crippen molar-refractivity contribution in [2.75, 3.05) is 18.9 Å². The van der Waals surface area contributed by atoms with Crippen molar-refractivity contribution in [3.63, 3.8) is 0 Å². The Kier molecular flexibility index (Phi) is 8.12. The number of hydrogen-bond donors (Lipinski definition) is 2. The maximum absolute atomic E-state index is 12.9. The number of benzene rings is 1. The van der Waals surface area contributed by atoms with Crippen LogP contribution in [0.15, 0.2) is 30.3 Å². The number of β-amino-alcohol motifs (C(OH)–C–C–N with tert-alkyl or cyclic N) is 1. The largest absolute Gasteiger partial charge is 0.388 e. The quantitative estimate of drug-likeness (QED) is 0.442. The van der Waals surface area contributed by atoms with Gasteiger partial charge in [0.1, 0.15) is 6.16 Å². The first kappa shape index (κ1) is 24.2. The zero-order valence-electron chi connectivity index (χ0n) is 18.5. The Labute approximate surface area is 185 Å². The predicted octanol–water partition coefficient (Wildman–Crippen LogP) is 3.78. The summed E-state index contributed by atoms with van der Waals surface area (Å²) in [5.74, 6) is -0.573. The van der Waals surface area contributed by atoms with E-state index in [9.17, 15) is 24.2 Å². The second kappa shape index (κ2) is 10.4. The lowest BCUT2D eigenvalue weighted by atomic mass is 9.75. The molecule has 3 rings (SSSR count).